The van der Waals surface area contributed by atoms with Crippen molar-refractivity contribution in [2.45, 2.75) is 18.7 Å². The number of anilines is 2. The molecule has 1 unspecified atom stereocenters. The molecule has 9 heteroatoms. The number of alkyl halides is 3. The molecular weight excluding hydrogens is 275 g/mol. The Balaban J connectivity index is 2.29. The fourth-order valence-electron chi connectivity index (χ4n) is 1.35. The minimum Gasteiger partial charge on any atom is -0.376 e. The van der Waals surface area contributed by atoms with Crippen molar-refractivity contribution in [3.63, 3.8) is 0 Å². The SMILES string of the molecule is CC(O)(c1cnnc(Nc2cnccn2)c1)C(F)(F)F. The van der Waals surface area contributed by atoms with E-state index in [1.165, 1.54) is 18.6 Å². The summed E-state index contributed by atoms with van der Waals surface area (Å²) in [5, 5.41) is 19.3. The van der Waals surface area contributed by atoms with Gasteiger partial charge in [-0.25, -0.2) is 4.98 Å². The zero-order valence-corrected chi connectivity index (χ0v) is 10.3. The molecule has 0 amide bonds. The van der Waals surface area contributed by atoms with E-state index in [2.05, 4.69) is 25.5 Å². The standard InChI is InChI=1S/C11H10F3N5O/c1-10(20,11(12,13)14)7-4-8(19-17-5-7)18-9-6-15-2-3-16-9/h2-6,20H,1H3,(H,16,18,19). The van der Waals surface area contributed by atoms with E-state index >= 15 is 0 Å². The van der Waals surface area contributed by atoms with E-state index in [9.17, 15) is 18.3 Å². The molecule has 106 valence electrons. The van der Waals surface area contributed by atoms with E-state index in [4.69, 9.17) is 0 Å². The van der Waals surface area contributed by atoms with E-state index < -0.39 is 17.3 Å². The predicted octanol–water partition coefficient (Wildman–Crippen LogP) is 1.78. The monoisotopic (exact) mass is 285 g/mol. The summed E-state index contributed by atoms with van der Waals surface area (Å²) >= 11 is 0. The molecule has 0 bridgehead atoms. The molecule has 0 aromatic carbocycles. The Morgan fingerprint density at radius 3 is 2.50 bits per heavy atom. The van der Waals surface area contributed by atoms with E-state index in [1.807, 2.05) is 0 Å². The van der Waals surface area contributed by atoms with Crippen LogP contribution in [0.3, 0.4) is 0 Å². The fraction of sp³-hybridized carbons (Fsp3) is 0.273. The molecule has 20 heavy (non-hydrogen) atoms. The van der Waals surface area contributed by atoms with Gasteiger partial charge in [0.05, 0.1) is 12.4 Å². The second kappa shape index (κ2) is 5.00. The number of nitrogens with one attached hydrogen (secondary N) is 1. The largest absolute Gasteiger partial charge is 0.421 e. The van der Waals surface area contributed by atoms with Crippen molar-refractivity contribution < 1.29 is 18.3 Å². The highest BCUT2D eigenvalue weighted by molar-refractivity contribution is 5.50. The normalized spacial score (nSPS) is 14.7. The van der Waals surface area contributed by atoms with Crippen LogP contribution in [-0.4, -0.2) is 31.4 Å². The smallest absolute Gasteiger partial charge is 0.376 e. The van der Waals surface area contributed by atoms with Crippen LogP contribution in [0.15, 0.2) is 30.9 Å². The van der Waals surface area contributed by atoms with Gasteiger partial charge in [0.25, 0.3) is 0 Å². The third-order valence-electron chi connectivity index (χ3n) is 2.59. The van der Waals surface area contributed by atoms with Crippen LogP contribution >= 0.6 is 0 Å². The molecule has 1 atom stereocenters. The van der Waals surface area contributed by atoms with Crippen LogP contribution in [-0.2, 0) is 5.60 Å². The van der Waals surface area contributed by atoms with Crippen molar-refractivity contribution in [3.8, 4) is 0 Å². The van der Waals surface area contributed by atoms with Gasteiger partial charge in [-0.15, -0.1) is 5.10 Å². The lowest BCUT2D eigenvalue weighted by Crippen LogP contribution is -2.39. The molecule has 6 nitrogen and oxygen atoms in total. The van der Waals surface area contributed by atoms with Gasteiger partial charge in [-0.3, -0.25) is 4.98 Å². The second-order valence-corrected chi connectivity index (χ2v) is 4.12. The van der Waals surface area contributed by atoms with Crippen molar-refractivity contribution in [2.24, 2.45) is 0 Å². The van der Waals surface area contributed by atoms with Gasteiger partial charge < -0.3 is 10.4 Å². The summed E-state index contributed by atoms with van der Waals surface area (Å²) in [7, 11) is 0. The average Bonchev–Trinajstić information content (AvgIpc) is 2.39. The number of aromatic nitrogens is 4. The highest BCUT2D eigenvalue weighted by atomic mass is 19.4. The van der Waals surface area contributed by atoms with Gasteiger partial charge in [-0.2, -0.15) is 18.3 Å². The molecule has 2 aromatic heterocycles. The average molecular weight is 285 g/mol. The summed E-state index contributed by atoms with van der Waals surface area (Å²) in [6.45, 7) is 0.649. The molecule has 0 saturated heterocycles. The van der Waals surface area contributed by atoms with Crippen LogP contribution in [0.4, 0.5) is 24.8 Å². The Morgan fingerprint density at radius 2 is 1.90 bits per heavy atom. The van der Waals surface area contributed by atoms with Gasteiger partial charge in [-0.1, -0.05) is 0 Å². The van der Waals surface area contributed by atoms with Crippen LogP contribution in [0.1, 0.15) is 12.5 Å². The molecule has 0 aliphatic heterocycles. The molecule has 0 spiro atoms. The van der Waals surface area contributed by atoms with Crippen LogP contribution < -0.4 is 5.32 Å². The Morgan fingerprint density at radius 1 is 1.15 bits per heavy atom. The van der Waals surface area contributed by atoms with Gasteiger partial charge >= 0.3 is 6.18 Å². The first-order valence-corrected chi connectivity index (χ1v) is 5.46. The van der Waals surface area contributed by atoms with Gasteiger partial charge in [0.2, 0.25) is 0 Å². The van der Waals surface area contributed by atoms with Crippen LogP contribution in [0, 0.1) is 0 Å². The molecule has 0 radical (unpaired) electrons. The number of halogens is 3. The predicted molar refractivity (Wildman–Crippen MR) is 63.0 cm³/mol. The molecule has 0 fully saturated rings. The van der Waals surface area contributed by atoms with Crippen molar-refractivity contribution in [1.82, 2.24) is 20.2 Å². The van der Waals surface area contributed by atoms with Crippen LogP contribution in [0.5, 0.6) is 0 Å². The van der Waals surface area contributed by atoms with Gasteiger partial charge in [0.15, 0.2) is 11.4 Å². The summed E-state index contributed by atoms with van der Waals surface area (Å²) in [5.74, 6) is 0.318. The third-order valence-corrected chi connectivity index (χ3v) is 2.59. The number of nitrogens with zero attached hydrogens (tertiary/aromatic N) is 4. The Hall–Kier alpha value is -2.29. The molecule has 2 aromatic rings. The molecule has 2 rings (SSSR count). The van der Waals surface area contributed by atoms with E-state index in [1.54, 1.807) is 0 Å². The van der Waals surface area contributed by atoms with E-state index in [0.717, 1.165) is 12.3 Å². The maximum atomic E-state index is 12.7. The first-order chi connectivity index (χ1) is 9.30. The third kappa shape index (κ3) is 2.82. The zero-order valence-electron chi connectivity index (χ0n) is 10.3. The molecule has 0 aliphatic rings. The summed E-state index contributed by atoms with van der Waals surface area (Å²) in [5.41, 5.74) is -3.44. The van der Waals surface area contributed by atoms with Crippen molar-refractivity contribution in [1.29, 1.82) is 0 Å². The van der Waals surface area contributed by atoms with Gasteiger partial charge in [0.1, 0.15) is 5.82 Å². The fourth-order valence-corrected chi connectivity index (χ4v) is 1.35. The maximum Gasteiger partial charge on any atom is 0.421 e. The first kappa shape index (κ1) is 14.1. The molecule has 0 saturated carbocycles. The summed E-state index contributed by atoms with van der Waals surface area (Å²) in [6.07, 6.45) is 0.263. The van der Waals surface area contributed by atoms with Crippen molar-refractivity contribution in [3.05, 3.63) is 36.4 Å². The number of hydrogen-bond donors (Lipinski definition) is 2. The number of rotatable bonds is 3. The maximum absolute atomic E-state index is 12.7. The summed E-state index contributed by atoms with van der Waals surface area (Å²) < 4.78 is 38.2. The van der Waals surface area contributed by atoms with Crippen LogP contribution in [0.25, 0.3) is 0 Å². The van der Waals surface area contributed by atoms with Gasteiger partial charge in [0, 0.05) is 18.0 Å². The van der Waals surface area contributed by atoms with Gasteiger partial charge in [-0.05, 0) is 13.0 Å². The Bertz CT molecular complexity index is 588. The summed E-state index contributed by atoms with van der Waals surface area (Å²) in [6, 6.07) is 1.05. The lowest BCUT2D eigenvalue weighted by molar-refractivity contribution is -0.259. The quantitative estimate of drug-likeness (QED) is 0.894. The Kier molecular flexibility index (Phi) is 3.53. The topological polar surface area (TPSA) is 83.8 Å². The minimum absolute atomic E-state index is 0.0209. The molecule has 0 aliphatic carbocycles. The van der Waals surface area contributed by atoms with Crippen LogP contribution in [0.2, 0.25) is 0 Å². The van der Waals surface area contributed by atoms with E-state index in [0.29, 0.717) is 12.7 Å². The lowest BCUT2D eigenvalue weighted by atomic mass is 9.97. The minimum atomic E-state index is -4.82. The highest BCUT2D eigenvalue weighted by Gasteiger charge is 2.51. The second-order valence-electron chi connectivity index (χ2n) is 4.12. The molecule has 2 N–H and O–H groups in total. The molecular formula is C11H10F3N5O. The molecule has 2 heterocycles. The number of hydrogen-bond acceptors (Lipinski definition) is 6. The zero-order chi connectivity index (χ0) is 14.8. The highest BCUT2D eigenvalue weighted by Crippen LogP contribution is 2.38. The lowest BCUT2D eigenvalue weighted by Gasteiger charge is -2.26. The van der Waals surface area contributed by atoms with Crippen molar-refractivity contribution >= 4 is 11.6 Å². The van der Waals surface area contributed by atoms with E-state index in [-0.39, 0.29) is 5.82 Å². The number of aliphatic hydroxyl groups is 1. The van der Waals surface area contributed by atoms with Crippen molar-refractivity contribution in [2.75, 3.05) is 5.32 Å². The first-order valence-electron chi connectivity index (χ1n) is 5.46. The summed E-state index contributed by atoms with van der Waals surface area (Å²) in [4.78, 5) is 7.68. The Labute approximate surface area is 111 Å².